The highest BCUT2D eigenvalue weighted by atomic mass is 15.2. The lowest BCUT2D eigenvalue weighted by Gasteiger charge is -2.30. The van der Waals surface area contributed by atoms with Crippen molar-refractivity contribution in [2.75, 3.05) is 13.6 Å². The first-order valence-corrected chi connectivity index (χ1v) is 5.28. The predicted octanol–water partition coefficient (Wildman–Crippen LogP) is 1.23. The number of terminal acetylenes is 1. The van der Waals surface area contributed by atoms with Crippen molar-refractivity contribution in [2.45, 2.75) is 18.5 Å². The van der Waals surface area contributed by atoms with Crippen molar-refractivity contribution in [3.63, 3.8) is 0 Å². The van der Waals surface area contributed by atoms with Crippen LogP contribution in [0.25, 0.3) is 0 Å². The van der Waals surface area contributed by atoms with Gasteiger partial charge in [0, 0.05) is 0 Å². The molecule has 0 spiro atoms. The smallest absolute Gasteiger partial charge is 0.0960 e. The van der Waals surface area contributed by atoms with Gasteiger partial charge in [0.15, 0.2) is 0 Å². The molecule has 0 bridgehead atoms. The monoisotopic (exact) mass is 200 g/mol. The minimum Gasteiger partial charge on any atom is -0.299 e. The summed E-state index contributed by atoms with van der Waals surface area (Å²) in [6, 6.07) is 8.52. The average molecular weight is 200 g/mol. The molecule has 15 heavy (non-hydrogen) atoms. The number of hydrogen-bond donors (Lipinski definition) is 2. The van der Waals surface area contributed by atoms with Gasteiger partial charge in [-0.15, -0.1) is 6.42 Å². The fourth-order valence-corrected chi connectivity index (χ4v) is 2.35. The Morgan fingerprint density at radius 1 is 1.47 bits per heavy atom. The van der Waals surface area contributed by atoms with Crippen molar-refractivity contribution < 1.29 is 0 Å². The van der Waals surface area contributed by atoms with Crippen molar-refractivity contribution in [1.82, 2.24) is 10.6 Å². The third-order valence-electron chi connectivity index (χ3n) is 3.17. The van der Waals surface area contributed by atoms with E-state index in [-0.39, 0.29) is 5.66 Å². The van der Waals surface area contributed by atoms with Gasteiger partial charge in [-0.05, 0) is 31.0 Å². The van der Waals surface area contributed by atoms with Crippen LogP contribution in [-0.2, 0) is 12.1 Å². The van der Waals surface area contributed by atoms with E-state index in [1.54, 1.807) is 0 Å². The maximum atomic E-state index is 5.30. The largest absolute Gasteiger partial charge is 0.299 e. The summed E-state index contributed by atoms with van der Waals surface area (Å²) in [7, 11) is 1.98. The lowest BCUT2D eigenvalue weighted by Crippen LogP contribution is -2.51. The number of aryl methyl sites for hydroxylation is 1. The maximum Gasteiger partial charge on any atom is 0.0960 e. The van der Waals surface area contributed by atoms with Crippen LogP contribution in [0.2, 0.25) is 0 Å². The van der Waals surface area contributed by atoms with Gasteiger partial charge in [-0.3, -0.25) is 10.6 Å². The molecule has 0 saturated carbocycles. The molecule has 0 fully saturated rings. The molecule has 0 radical (unpaired) electrons. The lowest BCUT2D eigenvalue weighted by atomic mass is 10.0. The molecule has 2 rings (SSSR count). The highest BCUT2D eigenvalue weighted by Crippen LogP contribution is 2.34. The number of nitrogens with one attached hydrogen (secondary N) is 2. The Balaban J connectivity index is 2.33. The number of hydrogen-bond acceptors (Lipinski definition) is 2. The average Bonchev–Trinajstić information content (AvgIpc) is 2.66. The molecule has 1 unspecified atom stereocenters. The molecule has 2 N–H and O–H groups in total. The van der Waals surface area contributed by atoms with Gasteiger partial charge in [0.05, 0.1) is 12.2 Å². The summed E-state index contributed by atoms with van der Waals surface area (Å²) in [5, 5.41) is 6.77. The third-order valence-corrected chi connectivity index (χ3v) is 3.17. The molecule has 0 aromatic heterocycles. The molecule has 1 aliphatic carbocycles. The van der Waals surface area contributed by atoms with E-state index in [1.807, 2.05) is 7.05 Å². The molecule has 2 nitrogen and oxygen atoms in total. The minimum atomic E-state index is -0.122. The predicted molar refractivity (Wildman–Crippen MR) is 62.3 cm³/mol. The molecule has 0 amide bonds. The van der Waals surface area contributed by atoms with Crippen LogP contribution in [0.1, 0.15) is 17.5 Å². The Kier molecular flexibility index (Phi) is 2.77. The number of fused-ring (bicyclic) bond motifs is 1. The van der Waals surface area contributed by atoms with E-state index in [4.69, 9.17) is 6.42 Å². The zero-order chi connectivity index (χ0) is 10.7. The fraction of sp³-hybridized carbons (Fsp3) is 0.385. The summed E-state index contributed by atoms with van der Waals surface area (Å²) < 4.78 is 0. The Bertz CT molecular complexity index is 392. The van der Waals surface area contributed by atoms with Gasteiger partial charge < -0.3 is 0 Å². The van der Waals surface area contributed by atoms with Gasteiger partial charge in [0.25, 0.3) is 0 Å². The van der Waals surface area contributed by atoms with Gasteiger partial charge in [0.1, 0.15) is 0 Å². The van der Waals surface area contributed by atoms with Gasteiger partial charge in [-0.1, -0.05) is 30.2 Å². The Morgan fingerprint density at radius 2 is 2.27 bits per heavy atom. The molecular weight excluding hydrogens is 184 g/mol. The maximum absolute atomic E-state index is 5.30. The zero-order valence-corrected chi connectivity index (χ0v) is 9.01. The zero-order valence-electron chi connectivity index (χ0n) is 9.01. The first kappa shape index (κ1) is 10.2. The normalized spacial score (nSPS) is 23.5. The first-order chi connectivity index (χ1) is 7.32. The van der Waals surface area contributed by atoms with E-state index in [1.165, 1.54) is 11.1 Å². The van der Waals surface area contributed by atoms with Crippen LogP contribution in [0.4, 0.5) is 0 Å². The van der Waals surface area contributed by atoms with Crippen LogP contribution in [0.15, 0.2) is 24.3 Å². The van der Waals surface area contributed by atoms with Crippen LogP contribution in [0.3, 0.4) is 0 Å². The van der Waals surface area contributed by atoms with Crippen LogP contribution in [0, 0.1) is 12.3 Å². The van der Waals surface area contributed by atoms with Crippen LogP contribution >= 0.6 is 0 Å². The van der Waals surface area contributed by atoms with E-state index in [9.17, 15) is 0 Å². The molecule has 0 heterocycles. The minimum absolute atomic E-state index is 0.122. The van der Waals surface area contributed by atoms with E-state index >= 15 is 0 Å². The van der Waals surface area contributed by atoms with E-state index in [2.05, 4.69) is 40.8 Å². The Labute approximate surface area is 91.1 Å². The van der Waals surface area contributed by atoms with Crippen molar-refractivity contribution in [3.05, 3.63) is 35.4 Å². The molecule has 0 saturated heterocycles. The molecule has 1 atom stereocenters. The fourth-order valence-electron chi connectivity index (χ4n) is 2.35. The number of rotatable bonds is 3. The third kappa shape index (κ3) is 1.65. The molecule has 1 aromatic carbocycles. The highest BCUT2D eigenvalue weighted by Gasteiger charge is 2.36. The van der Waals surface area contributed by atoms with Crippen LogP contribution < -0.4 is 10.6 Å². The van der Waals surface area contributed by atoms with Gasteiger partial charge in [-0.2, -0.15) is 0 Å². The second-order valence-corrected chi connectivity index (χ2v) is 3.87. The van der Waals surface area contributed by atoms with Gasteiger partial charge in [-0.25, -0.2) is 0 Å². The summed E-state index contributed by atoms with van der Waals surface area (Å²) in [4.78, 5) is 0. The van der Waals surface area contributed by atoms with Crippen molar-refractivity contribution in [3.8, 4) is 12.3 Å². The lowest BCUT2D eigenvalue weighted by molar-refractivity contribution is 0.292. The second-order valence-electron chi connectivity index (χ2n) is 3.87. The van der Waals surface area contributed by atoms with Crippen molar-refractivity contribution >= 4 is 0 Å². The highest BCUT2D eigenvalue weighted by molar-refractivity contribution is 5.38. The molecule has 0 aliphatic heterocycles. The molecule has 2 heteroatoms. The summed E-state index contributed by atoms with van der Waals surface area (Å²) in [5.41, 5.74) is 2.63. The van der Waals surface area contributed by atoms with Gasteiger partial charge >= 0.3 is 0 Å². The summed E-state index contributed by atoms with van der Waals surface area (Å²) in [5.74, 6) is 2.63. The summed E-state index contributed by atoms with van der Waals surface area (Å²) in [6.45, 7) is 0.592. The van der Waals surface area contributed by atoms with Crippen LogP contribution in [-0.4, -0.2) is 13.6 Å². The molecular formula is C13H16N2. The van der Waals surface area contributed by atoms with Gasteiger partial charge in [0.2, 0.25) is 0 Å². The Hall–Kier alpha value is -1.30. The quantitative estimate of drug-likeness (QED) is 0.566. The second kappa shape index (κ2) is 4.06. The SMILES string of the molecule is C#CCNC1(NC)CCc2ccccc21. The van der Waals surface area contributed by atoms with Crippen LogP contribution in [0.5, 0.6) is 0 Å². The summed E-state index contributed by atoms with van der Waals surface area (Å²) in [6.07, 6.45) is 7.47. The molecule has 1 aromatic rings. The topological polar surface area (TPSA) is 24.1 Å². The standard InChI is InChI=1S/C13H16N2/c1-3-10-15-13(14-2)9-8-11-6-4-5-7-12(11)13/h1,4-7,14-15H,8-10H2,2H3. The van der Waals surface area contributed by atoms with E-state index < -0.39 is 0 Å². The van der Waals surface area contributed by atoms with E-state index in [0.717, 1.165) is 12.8 Å². The molecule has 78 valence electrons. The molecule has 1 aliphatic rings. The Morgan fingerprint density at radius 3 is 3.00 bits per heavy atom. The van der Waals surface area contributed by atoms with Crippen molar-refractivity contribution in [1.29, 1.82) is 0 Å². The van der Waals surface area contributed by atoms with Crippen molar-refractivity contribution in [2.24, 2.45) is 0 Å². The first-order valence-electron chi connectivity index (χ1n) is 5.28. The van der Waals surface area contributed by atoms with E-state index in [0.29, 0.717) is 6.54 Å². The number of benzene rings is 1. The summed E-state index contributed by atoms with van der Waals surface area (Å²) >= 11 is 0.